The number of nitrogens with one attached hydrogen (secondary N) is 4. The first-order chi connectivity index (χ1) is 19.9. The Labute approximate surface area is 250 Å². The van der Waals surface area contributed by atoms with E-state index in [9.17, 15) is 22.8 Å². The lowest BCUT2D eigenvalue weighted by Gasteiger charge is -2.31. The fourth-order valence-corrected chi connectivity index (χ4v) is 6.73. The third-order valence-electron chi connectivity index (χ3n) is 6.87. The number of hydrogen-bond acceptors (Lipinski definition) is 9. The molecule has 0 saturated carbocycles. The summed E-state index contributed by atoms with van der Waals surface area (Å²) in [7, 11) is -3.30. The van der Waals surface area contributed by atoms with Gasteiger partial charge in [-0.15, -0.1) is 11.3 Å². The smallest absolute Gasteiger partial charge is 0.408 e. The Morgan fingerprint density at radius 3 is 2.48 bits per heavy atom. The standard InChI is InChI=1S/C27H41N7O6S2/c1-4-42(38,39)34-14-11-18(12-15-34)40-27(37)33-21(16-17(2)3)24(36)31-20(9-7-13-30-26(28)29)23(35)25-32-19-8-5-6-10-22(19)41-25/h5-6,8,10,17-18,20-21H,4,7,9,11-16H2,1-3H3,(H,31,36)(H,33,37)(H4,28,29,30)/t20-,21-/m0/s1. The van der Waals surface area contributed by atoms with Gasteiger partial charge in [0.05, 0.1) is 22.0 Å². The first kappa shape index (κ1) is 33.2. The number of thiazole rings is 1. The molecular formula is C27H41N7O6S2. The lowest BCUT2D eigenvalue weighted by Crippen LogP contribution is -2.53. The Hall–Kier alpha value is -3.30. The number of guanidine groups is 1. The van der Waals surface area contributed by atoms with Gasteiger partial charge in [-0.3, -0.25) is 15.0 Å². The summed E-state index contributed by atoms with van der Waals surface area (Å²) in [5, 5.41) is 15.8. The molecule has 232 valence electrons. The maximum Gasteiger partial charge on any atom is 0.408 e. The normalized spacial score (nSPS) is 16.1. The van der Waals surface area contributed by atoms with Crippen LogP contribution >= 0.6 is 11.3 Å². The zero-order valence-electron chi connectivity index (χ0n) is 24.2. The number of ketones is 1. The van der Waals surface area contributed by atoms with Crippen LogP contribution in [-0.2, 0) is 19.6 Å². The molecule has 2 atom stereocenters. The highest BCUT2D eigenvalue weighted by molar-refractivity contribution is 7.89. The van der Waals surface area contributed by atoms with E-state index < -0.39 is 40.2 Å². The Morgan fingerprint density at radius 2 is 1.86 bits per heavy atom. The van der Waals surface area contributed by atoms with Crippen LogP contribution in [0.1, 0.15) is 62.7 Å². The van der Waals surface area contributed by atoms with Gasteiger partial charge in [0.1, 0.15) is 12.1 Å². The number of alkyl carbamates (subject to hydrolysis) is 1. The first-order valence-electron chi connectivity index (χ1n) is 14.1. The first-order valence-corrected chi connectivity index (χ1v) is 16.5. The second-order valence-corrected chi connectivity index (χ2v) is 13.9. The summed E-state index contributed by atoms with van der Waals surface area (Å²) in [5.74, 6) is -0.997. The van der Waals surface area contributed by atoms with E-state index in [0.29, 0.717) is 37.7 Å². The van der Waals surface area contributed by atoms with E-state index in [-0.39, 0.29) is 47.9 Å². The molecule has 2 aromatic rings. The Bertz CT molecular complexity index is 1320. The summed E-state index contributed by atoms with van der Waals surface area (Å²) in [6.07, 6.45) is 0.492. The van der Waals surface area contributed by atoms with Crippen molar-refractivity contribution in [3.05, 3.63) is 29.3 Å². The number of fused-ring (bicyclic) bond motifs is 1. The van der Waals surface area contributed by atoms with Crippen LogP contribution in [0.3, 0.4) is 0 Å². The van der Waals surface area contributed by atoms with Crippen LogP contribution in [0.2, 0.25) is 0 Å². The number of nitrogens with zero attached hydrogens (tertiary/aromatic N) is 2. The molecule has 42 heavy (non-hydrogen) atoms. The molecule has 0 spiro atoms. The monoisotopic (exact) mass is 623 g/mol. The maximum atomic E-state index is 13.5. The SMILES string of the molecule is CCS(=O)(=O)N1CCC(OC(=O)N[C@@H](CC(C)C)C(=O)N[C@@H](CCCNC(=N)N)C(=O)c2nc3ccccc3s2)CC1. The minimum absolute atomic E-state index is 0.0146. The van der Waals surface area contributed by atoms with Crippen molar-refractivity contribution < 1.29 is 27.5 Å². The van der Waals surface area contributed by atoms with Crippen molar-refractivity contribution in [2.45, 2.75) is 71.1 Å². The molecule has 2 amide bonds. The second-order valence-electron chi connectivity index (χ2n) is 10.6. The molecule has 3 rings (SSSR count). The molecule has 1 aliphatic rings. The number of para-hydroxylation sites is 1. The van der Waals surface area contributed by atoms with Gasteiger partial charge in [0, 0.05) is 19.6 Å². The average molecular weight is 624 g/mol. The predicted molar refractivity (Wildman–Crippen MR) is 162 cm³/mol. The number of benzene rings is 1. The van der Waals surface area contributed by atoms with Gasteiger partial charge < -0.3 is 26.4 Å². The van der Waals surface area contributed by atoms with Crippen LogP contribution in [0.4, 0.5) is 4.79 Å². The summed E-state index contributed by atoms with van der Waals surface area (Å²) in [6, 6.07) is 5.51. The Morgan fingerprint density at radius 1 is 1.17 bits per heavy atom. The number of amides is 2. The van der Waals surface area contributed by atoms with E-state index in [2.05, 4.69) is 20.9 Å². The van der Waals surface area contributed by atoms with Gasteiger partial charge in [0.15, 0.2) is 11.0 Å². The zero-order valence-corrected chi connectivity index (χ0v) is 25.9. The van der Waals surface area contributed by atoms with Crippen LogP contribution in [0.5, 0.6) is 0 Å². The number of nitrogens with two attached hydrogens (primary N) is 1. The molecule has 6 N–H and O–H groups in total. The number of carbonyl (C=O) groups excluding carboxylic acids is 3. The van der Waals surface area contributed by atoms with Crippen LogP contribution in [0.25, 0.3) is 10.2 Å². The summed E-state index contributed by atoms with van der Waals surface area (Å²) in [4.78, 5) is 44.2. The lowest BCUT2D eigenvalue weighted by molar-refractivity contribution is -0.124. The number of sulfonamides is 1. The topological polar surface area (TPSA) is 197 Å². The number of rotatable bonds is 14. The minimum Gasteiger partial charge on any atom is -0.446 e. The molecule has 0 bridgehead atoms. The highest BCUT2D eigenvalue weighted by Crippen LogP contribution is 2.23. The average Bonchev–Trinajstić information content (AvgIpc) is 3.38. The van der Waals surface area contributed by atoms with E-state index >= 15 is 0 Å². The number of ether oxygens (including phenoxy) is 1. The Kier molecular flexibility index (Phi) is 12.1. The molecule has 1 fully saturated rings. The summed E-state index contributed by atoms with van der Waals surface area (Å²) >= 11 is 1.24. The van der Waals surface area contributed by atoms with Crippen molar-refractivity contribution in [2.24, 2.45) is 11.7 Å². The molecule has 0 unspecified atom stereocenters. The van der Waals surface area contributed by atoms with Crippen LogP contribution in [0.15, 0.2) is 24.3 Å². The second kappa shape index (κ2) is 15.3. The van der Waals surface area contributed by atoms with E-state index in [4.69, 9.17) is 15.9 Å². The van der Waals surface area contributed by atoms with Crippen molar-refractivity contribution in [3.63, 3.8) is 0 Å². The van der Waals surface area contributed by atoms with Crippen molar-refractivity contribution >= 4 is 55.3 Å². The third kappa shape index (κ3) is 9.63. The molecule has 1 aromatic carbocycles. The summed E-state index contributed by atoms with van der Waals surface area (Å²) in [6.45, 7) is 6.28. The Balaban J connectivity index is 1.67. The largest absolute Gasteiger partial charge is 0.446 e. The zero-order chi connectivity index (χ0) is 30.9. The highest BCUT2D eigenvalue weighted by atomic mass is 32.2. The quantitative estimate of drug-likeness (QED) is 0.0906. The molecule has 1 aromatic heterocycles. The predicted octanol–water partition coefficient (Wildman–Crippen LogP) is 2.18. The molecule has 0 aliphatic carbocycles. The molecule has 1 aliphatic heterocycles. The van der Waals surface area contributed by atoms with E-state index in [1.807, 2.05) is 38.1 Å². The summed E-state index contributed by atoms with van der Waals surface area (Å²) < 4.78 is 32.0. The number of piperidine rings is 1. The minimum atomic E-state index is -3.30. The lowest BCUT2D eigenvalue weighted by atomic mass is 10.0. The van der Waals surface area contributed by atoms with Crippen LogP contribution < -0.4 is 21.7 Å². The third-order valence-corrected chi connectivity index (χ3v) is 9.80. The van der Waals surface area contributed by atoms with Crippen molar-refractivity contribution in [1.29, 1.82) is 5.41 Å². The van der Waals surface area contributed by atoms with Crippen molar-refractivity contribution in [2.75, 3.05) is 25.4 Å². The van der Waals surface area contributed by atoms with Crippen LogP contribution in [0, 0.1) is 11.3 Å². The van der Waals surface area contributed by atoms with E-state index in [1.54, 1.807) is 6.92 Å². The number of hydrogen-bond donors (Lipinski definition) is 5. The number of aromatic nitrogens is 1. The van der Waals surface area contributed by atoms with Crippen molar-refractivity contribution in [3.8, 4) is 0 Å². The highest BCUT2D eigenvalue weighted by Gasteiger charge is 2.32. The van der Waals surface area contributed by atoms with Gasteiger partial charge in [-0.1, -0.05) is 26.0 Å². The summed E-state index contributed by atoms with van der Waals surface area (Å²) in [5.41, 5.74) is 6.05. The fraction of sp³-hybridized carbons (Fsp3) is 0.593. The fourth-order valence-electron chi connectivity index (χ4n) is 4.64. The van der Waals surface area contributed by atoms with Gasteiger partial charge in [0.25, 0.3) is 0 Å². The van der Waals surface area contributed by atoms with Gasteiger partial charge in [-0.25, -0.2) is 22.5 Å². The van der Waals surface area contributed by atoms with Gasteiger partial charge in [-0.2, -0.15) is 0 Å². The molecular weight excluding hydrogens is 582 g/mol. The molecule has 15 heteroatoms. The number of carbonyl (C=O) groups is 3. The van der Waals surface area contributed by atoms with E-state index in [1.165, 1.54) is 15.6 Å². The van der Waals surface area contributed by atoms with Gasteiger partial charge in [0.2, 0.25) is 21.7 Å². The van der Waals surface area contributed by atoms with Crippen LogP contribution in [-0.4, -0.2) is 85.0 Å². The molecule has 2 heterocycles. The van der Waals surface area contributed by atoms with Gasteiger partial charge in [-0.05, 0) is 57.1 Å². The van der Waals surface area contributed by atoms with Crippen molar-refractivity contribution in [1.82, 2.24) is 25.2 Å². The maximum absolute atomic E-state index is 13.5. The van der Waals surface area contributed by atoms with E-state index in [0.717, 1.165) is 4.70 Å². The molecule has 13 nitrogen and oxygen atoms in total. The number of Topliss-reactive ketones (excluding diaryl/α,β-unsaturated/α-hetero) is 1. The molecule has 1 saturated heterocycles. The van der Waals surface area contributed by atoms with Gasteiger partial charge >= 0.3 is 6.09 Å². The molecule has 0 radical (unpaired) electrons.